The fourth-order valence-electron chi connectivity index (χ4n) is 1.86. The summed E-state index contributed by atoms with van der Waals surface area (Å²) < 4.78 is 1.09. The van der Waals surface area contributed by atoms with Crippen LogP contribution in [0.5, 0.6) is 0 Å². The minimum Gasteiger partial charge on any atom is -0.369 e. The number of benzene rings is 1. The van der Waals surface area contributed by atoms with Gasteiger partial charge in [0.1, 0.15) is 0 Å². The summed E-state index contributed by atoms with van der Waals surface area (Å²) in [4.78, 5) is 10.8. The van der Waals surface area contributed by atoms with Gasteiger partial charge in [-0.2, -0.15) is 0 Å². The Labute approximate surface area is 91.6 Å². The van der Waals surface area contributed by atoms with Gasteiger partial charge in [-0.05, 0) is 36.5 Å². The van der Waals surface area contributed by atoms with Gasteiger partial charge in [-0.15, -0.1) is 0 Å². The average molecular weight is 254 g/mol. The molecule has 0 aromatic heterocycles. The smallest absolute Gasteiger partial charge is 0.220 e. The Hall–Kier alpha value is -0.830. The lowest BCUT2D eigenvalue weighted by Gasteiger charge is -2.33. The minimum absolute atomic E-state index is 0.101. The summed E-state index contributed by atoms with van der Waals surface area (Å²) in [6, 6.07) is 8.28. The maximum absolute atomic E-state index is 10.8. The van der Waals surface area contributed by atoms with Crippen molar-refractivity contribution in [2.24, 2.45) is 11.7 Å². The minimum atomic E-state index is -0.154. The lowest BCUT2D eigenvalue weighted by atomic mass is 9.71. The number of primary amides is 1. The number of hydrogen-bond acceptors (Lipinski definition) is 1. The Kier molecular flexibility index (Phi) is 2.59. The van der Waals surface area contributed by atoms with Gasteiger partial charge in [-0.1, -0.05) is 28.1 Å². The number of halogens is 1. The van der Waals surface area contributed by atoms with Gasteiger partial charge in [0.2, 0.25) is 5.91 Å². The molecule has 1 aliphatic carbocycles. The molecule has 0 aliphatic heterocycles. The van der Waals surface area contributed by atoms with E-state index in [2.05, 4.69) is 28.1 Å². The van der Waals surface area contributed by atoms with E-state index in [1.165, 1.54) is 5.56 Å². The largest absolute Gasteiger partial charge is 0.369 e. The zero-order valence-electron chi connectivity index (χ0n) is 7.74. The molecular formula is C11H12BrNO. The van der Waals surface area contributed by atoms with Crippen LogP contribution in [0, 0.1) is 5.92 Å². The van der Waals surface area contributed by atoms with Crippen LogP contribution in [0.25, 0.3) is 0 Å². The lowest BCUT2D eigenvalue weighted by Crippen LogP contribution is -2.33. The molecule has 0 bridgehead atoms. The highest BCUT2D eigenvalue weighted by molar-refractivity contribution is 9.10. The van der Waals surface area contributed by atoms with Crippen LogP contribution in [-0.2, 0) is 4.79 Å². The molecular weight excluding hydrogens is 242 g/mol. The van der Waals surface area contributed by atoms with Crippen LogP contribution < -0.4 is 5.73 Å². The maximum Gasteiger partial charge on any atom is 0.220 e. The average Bonchev–Trinajstić information content (AvgIpc) is 2.05. The monoisotopic (exact) mass is 253 g/mol. The molecule has 74 valence electrons. The lowest BCUT2D eigenvalue weighted by molar-refractivity contribution is -0.124. The van der Waals surface area contributed by atoms with Crippen LogP contribution in [0.1, 0.15) is 24.3 Å². The van der Waals surface area contributed by atoms with Crippen molar-refractivity contribution < 1.29 is 4.79 Å². The van der Waals surface area contributed by atoms with Crippen molar-refractivity contribution in [2.75, 3.05) is 0 Å². The Balaban J connectivity index is 2.00. The van der Waals surface area contributed by atoms with Crippen LogP contribution in [0.3, 0.4) is 0 Å². The van der Waals surface area contributed by atoms with Crippen LogP contribution in [-0.4, -0.2) is 5.91 Å². The topological polar surface area (TPSA) is 43.1 Å². The summed E-state index contributed by atoms with van der Waals surface area (Å²) in [5.41, 5.74) is 6.53. The fourth-order valence-corrected chi connectivity index (χ4v) is 2.12. The van der Waals surface area contributed by atoms with E-state index < -0.39 is 0 Å². The summed E-state index contributed by atoms with van der Waals surface area (Å²) in [6.45, 7) is 0. The third kappa shape index (κ3) is 1.82. The number of hydrogen-bond donors (Lipinski definition) is 1. The molecule has 1 aromatic rings. The van der Waals surface area contributed by atoms with Crippen molar-refractivity contribution in [3.05, 3.63) is 34.3 Å². The van der Waals surface area contributed by atoms with Gasteiger partial charge in [0, 0.05) is 10.4 Å². The first-order valence-electron chi connectivity index (χ1n) is 4.71. The van der Waals surface area contributed by atoms with E-state index in [1.807, 2.05) is 12.1 Å². The highest BCUT2D eigenvalue weighted by atomic mass is 79.9. The van der Waals surface area contributed by atoms with Crippen molar-refractivity contribution in [2.45, 2.75) is 18.8 Å². The first-order valence-corrected chi connectivity index (χ1v) is 5.51. The molecule has 2 nitrogen and oxygen atoms in total. The Morgan fingerprint density at radius 3 is 2.36 bits per heavy atom. The Morgan fingerprint density at radius 2 is 1.86 bits per heavy atom. The second-order valence-corrected chi connectivity index (χ2v) is 4.73. The van der Waals surface area contributed by atoms with Crippen molar-refractivity contribution in [1.82, 2.24) is 0 Å². The molecule has 0 unspecified atom stereocenters. The molecule has 2 rings (SSSR count). The summed E-state index contributed by atoms with van der Waals surface area (Å²) in [6.07, 6.45) is 1.83. The maximum atomic E-state index is 10.8. The molecule has 1 aromatic carbocycles. The predicted molar refractivity (Wildman–Crippen MR) is 58.8 cm³/mol. The van der Waals surface area contributed by atoms with E-state index in [9.17, 15) is 4.79 Å². The highest BCUT2D eigenvalue weighted by Crippen LogP contribution is 2.41. The molecule has 0 spiro atoms. The first kappa shape index (κ1) is 9.71. The van der Waals surface area contributed by atoms with Gasteiger partial charge in [-0.25, -0.2) is 0 Å². The Morgan fingerprint density at radius 1 is 1.29 bits per heavy atom. The zero-order valence-corrected chi connectivity index (χ0v) is 9.33. The predicted octanol–water partition coefficient (Wildman–Crippen LogP) is 2.43. The van der Waals surface area contributed by atoms with E-state index in [1.54, 1.807) is 0 Å². The van der Waals surface area contributed by atoms with Gasteiger partial charge in [-0.3, -0.25) is 4.79 Å². The summed E-state index contributed by atoms with van der Waals surface area (Å²) in [7, 11) is 0. The van der Waals surface area contributed by atoms with Crippen LogP contribution in [0.15, 0.2) is 28.7 Å². The standard InChI is InChI=1S/C11H12BrNO/c12-10-3-1-7(2-4-10)8-5-9(6-8)11(13)14/h1-4,8-9H,5-6H2,(H2,13,14). The molecule has 1 saturated carbocycles. The van der Waals surface area contributed by atoms with Crippen molar-refractivity contribution >= 4 is 21.8 Å². The quantitative estimate of drug-likeness (QED) is 0.865. The van der Waals surface area contributed by atoms with Crippen LogP contribution in [0.4, 0.5) is 0 Å². The molecule has 0 radical (unpaired) electrons. The normalized spacial score (nSPS) is 25.5. The molecule has 0 atom stereocenters. The summed E-state index contributed by atoms with van der Waals surface area (Å²) in [5, 5.41) is 0. The molecule has 0 heterocycles. The molecule has 1 fully saturated rings. The SMILES string of the molecule is NC(=O)C1CC(c2ccc(Br)cc2)C1. The van der Waals surface area contributed by atoms with Crippen molar-refractivity contribution in [3.63, 3.8) is 0 Å². The second-order valence-electron chi connectivity index (χ2n) is 3.82. The van der Waals surface area contributed by atoms with Crippen LogP contribution in [0.2, 0.25) is 0 Å². The zero-order chi connectivity index (χ0) is 10.1. The number of amides is 1. The van der Waals surface area contributed by atoms with Gasteiger partial charge >= 0.3 is 0 Å². The second kappa shape index (κ2) is 3.73. The van der Waals surface area contributed by atoms with E-state index in [4.69, 9.17) is 5.73 Å². The van der Waals surface area contributed by atoms with Gasteiger partial charge < -0.3 is 5.73 Å². The number of carbonyl (C=O) groups excluding carboxylic acids is 1. The third-order valence-corrected chi connectivity index (χ3v) is 3.41. The molecule has 3 heteroatoms. The fraction of sp³-hybridized carbons (Fsp3) is 0.364. The van der Waals surface area contributed by atoms with E-state index >= 15 is 0 Å². The summed E-state index contributed by atoms with van der Waals surface area (Å²) >= 11 is 3.40. The van der Waals surface area contributed by atoms with Gasteiger partial charge in [0.25, 0.3) is 0 Å². The number of carbonyl (C=O) groups is 1. The van der Waals surface area contributed by atoms with E-state index in [0.29, 0.717) is 5.92 Å². The van der Waals surface area contributed by atoms with Crippen molar-refractivity contribution in [1.29, 1.82) is 0 Å². The molecule has 0 saturated heterocycles. The molecule has 2 N–H and O–H groups in total. The molecule has 1 amide bonds. The van der Waals surface area contributed by atoms with Gasteiger partial charge in [0.05, 0.1) is 0 Å². The summed E-state index contributed by atoms with van der Waals surface area (Å²) in [5.74, 6) is 0.475. The van der Waals surface area contributed by atoms with Crippen LogP contribution >= 0.6 is 15.9 Å². The molecule has 1 aliphatic rings. The van der Waals surface area contributed by atoms with Crippen molar-refractivity contribution in [3.8, 4) is 0 Å². The van der Waals surface area contributed by atoms with E-state index in [-0.39, 0.29) is 11.8 Å². The Bertz CT molecular complexity index is 341. The molecule has 14 heavy (non-hydrogen) atoms. The van der Waals surface area contributed by atoms with Gasteiger partial charge in [0.15, 0.2) is 0 Å². The first-order chi connectivity index (χ1) is 6.66. The number of rotatable bonds is 2. The number of nitrogens with two attached hydrogens (primary N) is 1. The van der Waals surface area contributed by atoms with E-state index in [0.717, 1.165) is 17.3 Å². The third-order valence-electron chi connectivity index (χ3n) is 2.88. The highest BCUT2D eigenvalue weighted by Gasteiger charge is 2.33.